The van der Waals surface area contributed by atoms with E-state index in [1.807, 2.05) is 32.1 Å². The zero-order valence-electron chi connectivity index (χ0n) is 15.0. The van der Waals surface area contributed by atoms with Gasteiger partial charge in [0.1, 0.15) is 11.5 Å². The van der Waals surface area contributed by atoms with Crippen molar-refractivity contribution in [3.8, 4) is 5.75 Å². The van der Waals surface area contributed by atoms with Crippen molar-refractivity contribution in [2.24, 2.45) is 0 Å². The van der Waals surface area contributed by atoms with Crippen LogP contribution >= 0.6 is 19.8 Å². The first-order valence-electron chi connectivity index (χ1n) is 8.06. The molecule has 136 valence electrons. The molecule has 1 unspecified atom stereocenters. The summed E-state index contributed by atoms with van der Waals surface area (Å²) < 4.78 is 29.9. The Morgan fingerprint density at radius 1 is 1.21 bits per heavy atom. The van der Waals surface area contributed by atoms with Crippen molar-refractivity contribution in [3.63, 3.8) is 0 Å². The number of allylic oxidation sites excluding steroid dienone is 3. The van der Waals surface area contributed by atoms with Crippen LogP contribution in [0.2, 0.25) is 0 Å². The molecule has 0 bridgehead atoms. The van der Waals surface area contributed by atoms with Crippen molar-refractivity contribution in [2.45, 2.75) is 45.4 Å². The summed E-state index contributed by atoms with van der Waals surface area (Å²) in [5.41, 5.74) is 0. The SMILES string of the molecule is C/C=C\C(=C/C)Oc1ccc(S(=O)(=O)CCCSP)cc1.CCC. The Morgan fingerprint density at radius 3 is 2.25 bits per heavy atom. The maximum Gasteiger partial charge on any atom is 0.178 e. The van der Waals surface area contributed by atoms with Gasteiger partial charge in [-0.2, -0.15) is 0 Å². The molecule has 0 heterocycles. The summed E-state index contributed by atoms with van der Waals surface area (Å²) in [5, 5.41) is 0. The topological polar surface area (TPSA) is 43.4 Å². The summed E-state index contributed by atoms with van der Waals surface area (Å²) in [5.74, 6) is 2.35. The number of benzene rings is 1. The molecule has 0 fully saturated rings. The van der Waals surface area contributed by atoms with Crippen molar-refractivity contribution >= 4 is 29.7 Å². The van der Waals surface area contributed by atoms with Gasteiger partial charge in [-0.1, -0.05) is 34.8 Å². The standard InChI is InChI=1S/C15H21O3PS2.C3H8/c1-3-6-13(4-2)18-14-7-9-15(10-8-14)21(16,17)12-5-11-20-19;1-3-2/h3-4,6-10H,5,11-12,19H2,1-2H3;3H2,1-2H3/b6-3-,13-4+;. The minimum atomic E-state index is -3.20. The van der Waals surface area contributed by atoms with Gasteiger partial charge in [-0.3, -0.25) is 0 Å². The lowest BCUT2D eigenvalue weighted by atomic mass is 10.3. The van der Waals surface area contributed by atoms with Gasteiger partial charge in [0.15, 0.2) is 9.84 Å². The van der Waals surface area contributed by atoms with Gasteiger partial charge in [0, 0.05) is 0 Å². The summed E-state index contributed by atoms with van der Waals surface area (Å²) in [4.78, 5) is 0.344. The predicted octanol–water partition coefficient (Wildman–Crippen LogP) is 5.65. The molecule has 0 amide bonds. The molecule has 0 aromatic heterocycles. The van der Waals surface area contributed by atoms with Crippen LogP contribution in [0.1, 0.15) is 40.5 Å². The van der Waals surface area contributed by atoms with E-state index in [-0.39, 0.29) is 5.75 Å². The molecule has 1 aromatic carbocycles. The van der Waals surface area contributed by atoms with E-state index in [1.54, 1.807) is 35.6 Å². The second kappa shape index (κ2) is 13.5. The molecule has 0 spiro atoms. The molecule has 0 aliphatic carbocycles. The van der Waals surface area contributed by atoms with Crippen LogP contribution in [0.4, 0.5) is 0 Å². The highest BCUT2D eigenvalue weighted by Crippen LogP contribution is 2.20. The van der Waals surface area contributed by atoms with Crippen LogP contribution < -0.4 is 4.74 Å². The monoisotopic (exact) mass is 388 g/mol. The number of hydrogen-bond donors (Lipinski definition) is 0. The Balaban J connectivity index is 0.00000163. The minimum Gasteiger partial charge on any atom is -0.458 e. The van der Waals surface area contributed by atoms with Crippen LogP contribution in [-0.4, -0.2) is 19.9 Å². The molecule has 0 radical (unpaired) electrons. The molecule has 6 heteroatoms. The normalized spacial score (nSPS) is 12.0. The summed E-state index contributed by atoms with van der Waals surface area (Å²) >= 11 is 1.57. The highest BCUT2D eigenvalue weighted by Gasteiger charge is 2.13. The van der Waals surface area contributed by atoms with E-state index in [9.17, 15) is 8.42 Å². The molecule has 1 aromatic rings. The van der Waals surface area contributed by atoms with E-state index in [2.05, 4.69) is 22.3 Å². The maximum absolute atomic E-state index is 12.1. The smallest absolute Gasteiger partial charge is 0.178 e. The summed E-state index contributed by atoms with van der Waals surface area (Å²) in [7, 11) is -0.672. The Kier molecular flexibility index (Phi) is 13.1. The van der Waals surface area contributed by atoms with Crippen LogP contribution in [0.15, 0.2) is 53.1 Å². The van der Waals surface area contributed by atoms with Crippen molar-refractivity contribution in [1.29, 1.82) is 0 Å². The first-order chi connectivity index (χ1) is 11.4. The van der Waals surface area contributed by atoms with Crippen molar-refractivity contribution in [2.75, 3.05) is 11.5 Å². The van der Waals surface area contributed by atoms with Gasteiger partial charge in [-0.05, 0) is 62.4 Å². The molecule has 1 rings (SSSR count). The van der Waals surface area contributed by atoms with Crippen molar-refractivity contribution in [1.82, 2.24) is 0 Å². The number of sulfone groups is 1. The molecular formula is C18H29O3PS2. The number of hydrogen-bond acceptors (Lipinski definition) is 4. The Morgan fingerprint density at radius 2 is 1.79 bits per heavy atom. The van der Waals surface area contributed by atoms with Gasteiger partial charge in [-0.25, -0.2) is 8.42 Å². The molecule has 0 aliphatic rings. The third kappa shape index (κ3) is 9.51. The fraction of sp³-hybridized carbons (Fsp3) is 0.444. The Bertz CT molecular complexity index is 606. The first-order valence-corrected chi connectivity index (χ1v) is 12.2. The molecular weight excluding hydrogens is 359 g/mol. The van der Waals surface area contributed by atoms with E-state index >= 15 is 0 Å². The van der Waals surface area contributed by atoms with E-state index < -0.39 is 9.84 Å². The summed E-state index contributed by atoms with van der Waals surface area (Å²) in [6, 6.07) is 6.57. The van der Waals surface area contributed by atoms with Crippen LogP contribution in [0.25, 0.3) is 0 Å². The van der Waals surface area contributed by atoms with Gasteiger partial charge < -0.3 is 4.74 Å². The fourth-order valence-electron chi connectivity index (χ4n) is 1.65. The molecule has 0 saturated heterocycles. The Labute approximate surface area is 153 Å². The highest BCUT2D eigenvalue weighted by molar-refractivity contribution is 8.43. The molecule has 0 N–H and O–H groups in total. The summed E-state index contributed by atoms with van der Waals surface area (Å²) in [6.45, 7) is 8.05. The third-order valence-corrected chi connectivity index (χ3v) is 5.76. The Hall–Kier alpha value is -0.770. The van der Waals surface area contributed by atoms with Gasteiger partial charge in [0.05, 0.1) is 10.6 Å². The zero-order valence-corrected chi connectivity index (χ0v) is 17.8. The number of ether oxygens (including phenoxy) is 1. The predicted molar refractivity (Wildman–Crippen MR) is 110 cm³/mol. The zero-order chi connectivity index (χ0) is 18.4. The van der Waals surface area contributed by atoms with Crippen molar-refractivity contribution < 1.29 is 13.2 Å². The average Bonchev–Trinajstić information content (AvgIpc) is 2.56. The van der Waals surface area contributed by atoms with E-state index in [0.717, 1.165) is 11.5 Å². The fourth-order valence-corrected chi connectivity index (χ4v) is 3.96. The van der Waals surface area contributed by atoms with Gasteiger partial charge >= 0.3 is 0 Å². The average molecular weight is 389 g/mol. The number of rotatable bonds is 8. The summed E-state index contributed by atoms with van der Waals surface area (Å²) in [6.07, 6.45) is 7.49. The van der Waals surface area contributed by atoms with Gasteiger partial charge in [-0.15, -0.1) is 11.4 Å². The highest BCUT2D eigenvalue weighted by atomic mass is 32.7. The first kappa shape index (κ1) is 23.2. The lowest BCUT2D eigenvalue weighted by molar-refractivity contribution is 0.443. The van der Waals surface area contributed by atoms with Crippen LogP contribution in [0.3, 0.4) is 0 Å². The molecule has 1 atom stereocenters. The quantitative estimate of drug-likeness (QED) is 0.250. The molecule has 0 saturated carbocycles. The largest absolute Gasteiger partial charge is 0.458 e. The minimum absolute atomic E-state index is 0.174. The third-order valence-electron chi connectivity index (χ3n) is 2.71. The van der Waals surface area contributed by atoms with E-state index in [4.69, 9.17) is 4.74 Å². The van der Waals surface area contributed by atoms with Crippen molar-refractivity contribution in [3.05, 3.63) is 48.3 Å². The van der Waals surface area contributed by atoms with Gasteiger partial charge in [0.25, 0.3) is 0 Å². The lowest BCUT2D eigenvalue weighted by Gasteiger charge is -2.08. The second-order valence-corrected chi connectivity index (χ2v) is 8.87. The van der Waals surface area contributed by atoms with Crippen LogP contribution in [0, 0.1) is 0 Å². The lowest BCUT2D eigenvalue weighted by Crippen LogP contribution is -2.07. The van der Waals surface area contributed by atoms with Crippen LogP contribution in [0.5, 0.6) is 5.75 Å². The molecule has 0 aliphatic heterocycles. The van der Waals surface area contributed by atoms with E-state index in [0.29, 0.717) is 17.1 Å². The molecule has 3 nitrogen and oxygen atoms in total. The second-order valence-electron chi connectivity index (χ2n) is 5.01. The maximum atomic E-state index is 12.1. The van der Waals surface area contributed by atoms with E-state index in [1.165, 1.54) is 6.42 Å². The molecule has 24 heavy (non-hydrogen) atoms. The van der Waals surface area contributed by atoms with Gasteiger partial charge in [0.2, 0.25) is 0 Å². The van der Waals surface area contributed by atoms with Crippen LogP contribution in [-0.2, 0) is 9.84 Å².